The van der Waals surface area contributed by atoms with E-state index in [0.717, 1.165) is 0 Å². The van der Waals surface area contributed by atoms with Crippen molar-refractivity contribution in [1.29, 1.82) is 0 Å². The molecule has 3 aromatic rings. The summed E-state index contributed by atoms with van der Waals surface area (Å²) in [5.74, 6) is -1.83. The van der Waals surface area contributed by atoms with Crippen LogP contribution in [0.2, 0.25) is 5.28 Å². The molecule has 128 valence electrons. The third kappa shape index (κ3) is 3.55. The molecule has 25 heavy (non-hydrogen) atoms. The summed E-state index contributed by atoms with van der Waals surface area (Å²) >= 11 is 5.70. The summed E-state index contributed by atoms with van der Waals surface area (Å²) in [6.45, 7) is -0.338. The Balaban J connectivity index is 1.77. The monoisotopic (exact) mass is 362 g/mol. The van der Waals surface area contributed by atoms with Gasteiger partial charge in [-0.2, -0.15) is 10.1 Å². The fourth-order valence-corrected chi connectivity index (χ4v) is 2.16. The van der Waals surface area contributed by atoms with Crippen LogP contribution in [0.5, 0.6) is 0 Å². The number of anilines is 1. The Morgan fingerprint density at radius 3 is 2.84 bits per heavy atom. The van der Waals surface area contributed by atoms with E-state index in [1.165, 1.54) is 23.0 Å². The highest BCUT2D eigenvalue weighted by Gasteiger charge is 2.17. The second kappa shape index (κ2) is 6.57. The van der Waals surface area contributed by atoms with Crippen LogP contribution in [0.15, 0.2) is 24.5 Å². The van der Waals surface area contributed by atoms with Crippen molar-refractivity contribution in [2.75, 3.05) is 11.9 Å². The lowest BCUT2D eigenvalue weighted by molar-refractivity contribution is -0.117. The van der Waals surface area contributed by atoms with E-state index in [4.69, 9.17) is 17.3 Å². The highest BCUT2D eigenvalue weighted by molar-refractivity contribution is 6.28. The zero-order valence-corrected chi connectivity index (χ0v) is 13.2. The molecule has 0 spiro atoms. The van der Waals surface area contributed by atoms with Crippen LogP contribution in [0.3, 0.4) is 0 Å². The molecule has 0 saturated heterocycles. The van der Waals surface area contributed by atoms with Crippen LogP contribution in [0.1, 0.15) is 20.8 Å². The number of nitrogens with two attached hydrogens (primary N) is 1. The number of rotatable bonds is 5. The first-order chi connectivity index (χ1) is 11.9. The van der Waals surface area contributed by atoms with Gasteiger partial charge in [0.15, 0.2) is 5.65 Å². The number of aromatic amines is 1. The second-order valence-electron chi connectivity index (χ2n) is 4.86. The number of fused-ring (bicyclic) bond motifs is 1. The zero-order chi connectivity index (χ0) is 18.0. The Bertz CT molecular complexity index is 979. The van der Waals surface area contributed by atoms with Crippen LogP contribution < -0.4 is 16.4 Å². The van der Waals surface area contributed by atoms with Gasteiger partial charge in [-0.25, -0.2) is 4.52 Å². The average Bonchev–Trinajstić information content (AvgIpc) is 3.16. The number of hydrogen-bond donors (Lipinski definition) is 4. The molecule has 0 bridgehead atoms. The van der Waals surface area contributed by atoms with Gasteiger partial charge < -0.3 is 16.4 Å². The van der Waals surface area contributed by atoms with E-state index >= 15 is 0 Å². The maximum absolute atomic E-state index is 12.4. The molecule has 11 nitrogen and oxygen atoms in total. The number of carbonyl (C=O) groups excluding carboxylic acids is 3. The van der Waals surface area contributed by atoms with Gasteiger partial charge in [-0.15, -0.1) is 5.10 Å². The number of aromatic nitrogens is 5. The van der Waals surface area contributed by atoms with Crippen LogP contribution in [-0.4, -0.2) is 49.1 Å². The van der Waals surface area contributed by atoms with Crippen LogP contribution >= 0.6 is 11.6 Å². The minimum atomic E-state index is -0.696. The molecule has 0 atom stereocenters. The molecule has 0 saturated carbocycles. The van der Waals surface area contributed by atoms with Crippen LogP contribution in [0.4, 0.5) is 5.69 Å². The minimum Gasteiger partial charge on any atom is -0.368 e. The predicted molar refractivity (Wildman–Crippen MR) is 86.1 cm³/mol. The molecule has 0 aliphatic heterocycles. The van der Waals surface area contributed by atoms with Crippen molar-refractivity contribution in [2.24, 2.45) is 5.73 Å². The van der Waals surface area contributed by atoms with Gasteiger partial charge in [-0.1, -0.05) is 0 Å². The van der Waals surface area contributed by atoms with E-state index in [0.29, 0.717) is 5.65 Å². The summed E-state index contributed by atoms with van der Waals surface area (Å²) in [6.07, 6.45) is 2.71. The number of nitrogens with one attached hydrogen (secondary N) is 3. The van der Waals surface area contributed by atoms with Gasteiger partial charge in [0.1, 0.15) is 5.69 Å². The Labute approximate surface area is 144 Å². The van der Waals surface area contributed by atoms with Gasteiger partial charge in [0.25, 0.3) is 11.8 Å². The van der Waals surface area contributed by atoms with Crippen LogP contribution in [0.25, 0.3) is 5.65 Å². The molecule has 0 aromatic carbocycles. The van der Waals surface area contributed by atoms with Gasteiger partial charge >= 0.3 is 0 Å². The standard InChI is InChI=1S/C13H11ClN8O3/c14-13-19-9-2-1-6(5-22(9)21-13)11(24)18-7-3-17-20-10(7)12(25)16-4-8(15)23/h1-3,5H,4H2,(H2,15,23)(H,16,25)(H,17,20)(H,18,24). The third-order valence-corrected chi connectivity index (χ3v) is 3.27. The second-order valence-corrected chi connectivity index (χ2v) is 5.20. The zero-order valence-electron chi connectivity index (χ0n) is 12.5. The van der Waals surface area contributed by atoms with Gasteiger partial charge in [-0.05, 0) is 23.7 Å². The number of carbonyl (C=O) groups is 3. The molecule has 3 rings (SSSR count). The van der Waals surface area contributed by atoms with Gasteiger partial charge in [-0.3, -0.25) is 19.5 Å². The van der Waals surface area contributed by atoms with Gasteiger partial charge in [0, 0.05) is 6.20 Å². The Morgan fingerprint density at radius 2 is 2.08 bits per heavy atom. The summed E-state index contributed by atoms with van der Waals surface area (Å²) in [5, 5.41) is 14.9. The maximum Gasteiger partial charge on any atom is 0.271 e. The molecular formula is C13H11ClN8O3. The summed E-state index contributed by atoms with van der Waals surface area (Å²) in [4.78, 5) is 39.0. The molecular weight excluding hydrogens is 352 g/mol. The molecule has 3 heterocycles. The molecule has 0 radical (unpaired) electrons. The smallest absolute Gasteiger partial charge is 0.271 e. The largest absolute Gasteiger partial charge is 0.368 e. The Hall–Kier alpha value is -3.47. The molecule has 3 aromatic heterocycles. The minimum absolute atomic E-state index is 0.0144. The molecule has 0 unspecified atom stereocenters. The highest BCUT2D eigenvalue weighted by atomic mass is 35.5. The summed E-state index contributed by atoms with van der Waals surface area (Å²) < 4.78 is 1.35. The van der Waals surface area contributed by atoms with Crippen molar-refractivity contribution in [3.05, 3.63) is 41.1 Å². The third-order valence-electron chi connectivity index (χ3n) is 3.11. The number of amides is 3. The summed E-state index contributed by atoms with van der Waals surface area (Å²) in [6, 6.07) is 3.10. The van der Waals surface area contributed by atoms with E-state index in [1.807, 2.05) is 0 Å². The van der Waals surface area contributed by atoms with E-state index < -0.39 is 17.7 Å². The average molecular weight is 363 g/mol. The van der Waals surface area contributed by atoms with Crippen molar-refractivity contribution in [3.8, 4) is 0 Å². The van der Waals surface area contributed by atoms with E-state index in [2.05, 4.69) is 30.9 Å². The molecule has 12 heteroatoms. The number of hydrogen-bond acceptors (Lipinski definition) is 6. The Kier molecular flexibility index (Phi) is 4.31. The lowest BCUT2D eigenvalue weighted by atomic mass is 10.2. The summed E-state index contributed by atoms with van der Waals surface area (Å²) in [7, 11) is 0. The molecule has 3 amide bonds. The number of primary amides is 1. The SMILES string of the molecule is NC(=O)CNC(=O)c1[nH]ncc1NC(=O)c1ccc2nc(Cl)nn2c1. The van der Waals surface area contributed by atoms with Crippen molar-refractivity contribution >= 4 is 40.7 Å². The van der Waals surface area contributed by atoms with Crippen molar-refractivity contribution in [3.63, 3.8) is 0 Å². The Morgan fingerprint density at radius 1 is 1.28 bits per heavy atom. The topological polar surface area (TPSA) is 160 Å². The number of H-pyrrole nitrogens is 1. The normalized spacial score (nSPS) is 10.6. The van der Waals surface area contributed by atoms with Gasteiger partial charge in [0.2, 0.25) is 11.2 Å². The lowest BCUT2D eigenvalue weighted by Gasteiger charge is -2.06. The summed E-state index contributed by atoms with van der Waals surface area (Å²) in [5.41, 5.74) is 5.84. The number of pyridine rings is 1. The van der Waals surface area contributed by atoms with Gasteiger partial charge in [0.05, 0.1) is 24.0 Å². The van der Waals surface area contributed by atoms with Crippen molar-refractivity contribution in [2.45, 2.75) is 0 Å². The molecule has 0 aliphatic rings. The van der Waals surface area contributed by atoms with Crippen molar-refractivity contribution < 1.29 is 14.4 Å². The fourth-order valence-electron chi connectivity index (χ4n) is 1.99. The van der Waals surface area contributed by atoms with E-state index in [9.17, 15) is 14.4 Å². The maximum atomic E-state index is 12.4. The first-order valence-electron chi connectivity index (χ1n) is 6.87. The quantitative estimate of drug-likeness (QED) is 0.481. The first kappa shape index (κ1) is 16.4. The number of nitrogens with zero attached hydrogens (tertiary/aromatic N) is 4. The predicted octanol–water partition coefficient (Wildman–Crippen LogP) is -0.427. The van der Waals surface area contributed by atoms with Crippen LogP contribution in [-0.2, 0) is 4.79 Å². The van der Waals surface area contributed by atoms with Crippen LogP contribution in [0, 0.1) is 0 Å². The first-order valence-corrected chi connectivity index (χ1v) is 7.25. The number of halogens is 1. The van der Waals surface area contributed by atoms with E-state index in [-0.39, 0.29) is 28.8 Å². The molecule has 0 fully saturated rings. The van der Waals surface area contributed by atoms with E-state index in [1.54, 1.807) is 6.07 Å². The highest BCUT2D eigenvalue weighted by Crippen LogP contribution is 2.14. The lowest BCUT2D eigenvalue weighted by Crippen LogP contribution is -2.34. The molecule has 5 N–H and O–H groups in total. The fraction of sp³-hybridized carbons (Fsp3) is 0.0769. The molecule has 0 aliphatic carbocycles. The van der Waals surface area contributed by atoms with Crippen molar-refractivity contribution in [1.82, 2.24) is 30.1 Å².